The summed E-state index contributed by atoms with van der Waals surface area (Å²) in [7, 11) is 0. The molecule has 4 rings (SSSR count). The Morgan fingerprint density at radius 3 is 2.56 bits per heavy atom. The van der Waals surface area contributed by atoms with E-state index in [9.17, 15) is 18.8 Å². The summed E-state index contributed by atoms with van der Waals surface area (Å²) < 4.78 is 34.4. The van der Waals surface area contributed by atoms with Crippen LogP contribution in [0.3, 0.4) is 0 Å². The molecule has 0 radical (unpaired) electrons. The largest absolute Gasteiger partial charge is 0.457 e. The highest BCUT2D eigenvalue weighted by Gasteiger charge is 2.49. The van der Waals surface area contributed by atoms with Crippen molar-refractivity contribution < 1.29 is 27.9 Å². The average Bonchev–Trinajstić information content (AvgIpc) is 3.59. The quantitative estimate of drug-likeness (QED) is 0.211. The van der Waals surface area contributed by atoms with Crippen molar-refractivity contribution in [1.29, 1.82) is 5.41 Å². The monoisotopic (exact) mass is 583 g/mol. The fourth-order valence-corrected chi connectivity index (χ4v) is 5.43. The van der Waals surface area contributed by atoms with Gasteiger partial charge in [-0.15, -0.1) is 11.3 Å². The van der Waals surface area contributed by atoms with Gasteiger partial charge in [-0.3, -0.25) is 19.8 Å². The van der Waals surface area contributed by atoms with Crippen LogP contribution in [0.2, 0.25) is 0 Å². The number of likely N-dealkylation sites (tertiary alicyclic amines) is 1. The van der Waals surface area contributed by atoms with E-state index >= 15 is 4.39 Å². The van der Waals surface area contributed by atoms with E-state index in [4.69, 9.17) is 15.9 Å². The van der Waals surface area contributed by atoms with Crippen LogP contribution >= 0.6 is 11.3 Å². The molecule has 1 saturated heterocycles. The van der Waals surface area contributed by atoms with E-state index in [1.165, 1.54) is 11.3 Å². The highest BCUT2D eigenvalue weighted by Crippen LogP contribution is 2.32. The molecule has 0 aliphatic carbocycles. The number of para-hydroxylation sites is 1. The maximum absolute atomic E-state index is 15.0. The zero-order valence-electron chi connectivity index (χ0n) is 22.6. The van der Waals surface area contributed by atoms with Crippen LogP contribution in [0.5, 0.6) is 11.5 Å². The normalized spacial score (nSPS) is 18.9. The smallest absolute Gasteiger partial charge is 0.251 e. The van der Waals surface area contributed by atoms with Gasteiger partial charge in [0, 0.05) is 27.8 Å². The fraction of sp³-hybridized carbons (Fsp3) is 0.310. The molecule has 1 aliphatic rings. The van der Waals surface area contributed by atoms with Crippen molar-refractivity contribution in [2.24, 2.45) is 5.73 Å². The molecule has 12 heteroatoms. The van der Waals surface area contributed by atoms with Gasteiger partial charge in [0.25, 0.3) is 5.91 Å². The Kier molecular flexibility index (Phi) is 9.01. The van der Waals surface area contributed by atoms with Gasteiger partial charge in [0.05, 0.1) is 19.1 Å². The first-order valence-electron chi connectivity index (χ1n) is 12.9. The number of alkyl halides is 2. The first-order valence-corrected chi connectivity index (χ1v) is 13.8. The molecule has 1 aliphatic heterocycles. The number of amidine groups is 1. The SMILES string of the molecule is Cc1cc(C(=O)NCC(=O)N2C[C@@](F)(CF)C[C@H]2C(=O)N[C@H](C)c2cc(C(=N)N)cs2)ccc1Oc1ccccc1. The standard InChI is InChI=1S/C29H31F2N5O4S/c1-17-10-19(8-9-23(17)40-21-6-4-3-5-7-21)27(38)34-13-25(37)36-16-29(31,15-30)12-22(36)28(39)35-18(2)24-11-20(14-41-24)26(32)33/h3-11,14,18,22H,12-13,15-16H2,1-2H3,(H3,32,33)(H,34,38)(H,35,39)/t18-,22+,29+/m1/s1. The van der Waals surface area contributed by atoms with Crippen molar-refractivity contribution in [2.75, 3.05) is 19.8 Å². The molecule has 2 aromatic carbocycles. The highest BCUT2D eigenvalue weighted by atomic mass is 32.1. The summed E-state index contributed by atoms with van der Waals surface area (Å²) >= 11 is 1.29. The van der Waals surface area contributed by atoms with E-state index in [1.807, 2.05) is 18.2 Å². The minimum atomic E-state index is -2.37. The second-order valence-corrected chi connectivity index (χ2v) is 10.9. The number of hydrogen-bond acceptors (Lipinski definition) is 6. The first kappa shape index (κ1) is 29.7. The molecule has 1 aromatic heterocycles. The molecule has 3 aromatic rings. The molecule has 0 saturated carbocycles. The Hall–Kier alpha value is -4.32. The molecule has 5 N–H and O–H groups in total. The van der Waals surface area contributed by atoms with Gasteiger partial charge in [-0.05, 0) is 55.8 Å². The van der Waals surface area contributed by atoms with Crippen LogP contribution in [-0.4, -0.2) is 59.9 Å². The number of hydrogen-bond donors (Lipinski definition) is 4. The second-order valence-electron chi connectivity index (χ2n) is 9.99. The zero-order chi connectivity index (χ0) is 29.7. The maximum atomic E-state index is 15.0. The summed E-state index contributed by atoms with van der Waals surface area (Å²) in [6.45, 7) is 1.01. The summed E-state index contributed by atoms with van der Waals surface area (Å²) in [4.78, 5) is 40.6. The Balaban J connectivity index is 1.39. The number of ether oxygens (including phenoxy) is 1. The predicted octanol–water partition coefficient (Wildman–Crippen LogP) is 4.02. The summed E-state index contributed by atoms with van der Waals surface area (Å²) in [5, 5.41) is 14.5. The van der Waals surface area contributed by atoms with Crippen molar-refractivity contribution in [3.8, 4) is 11.5 Å². The number of benzene rings is 2. The van der Waals surface area contributed by atoms with E-state index in [-0.39, 0.29) is 11.4 Å². The molecular formula is C29H31F2N5O4S. The third-order valence-electron chi connectivity index (χ3n) is 6.78. The second kappa shape index (κ2) is 12.5. The molecule has 2 heterocycles. The van der Waals surface area contributed by atoms with Gasteiger partial charge in [-0.1, -0.05) is 18.2 Å². The van der Waals surface area contributed by atoms with Crippen molar-refractivity contribution in [1.82, 2.24) is 15.5 Å². The molecular weight excluding hydrogens is 552 g/mol. The van der Waals surface area contributed by atoms with Crippen molar-refractivity contribution in [2.45, 2.75) is 38.0 Å². The third kappa shape index (κ3) is 7.07. The molecule has 9 nitrogen and oxygen atoms in total. The lowest BCUT2D eigenvalue weighted by atomic mass is 10.0. The zero-order valence-corrected chi connectivity index (χ0v) is 23.4. The Labute approximate surface area is 240 Å². The van der Waals surface area contributed by atoms with Gasteiger partial charge in [-0.25, -0.2) is 8.78 Å². The van der Waals surface area contributed by atoms with Gasteiger partial charge in [0.1, 0.15) is 30.1 Å². The van der Waals surface area contributed by atoms with E-state index in [2.05, 4.69) is 10.6 Å². The van der Waals surface area contributed by atoms with E-state index in [0.29, 0.717) is 27.5 Å². The number of nitrogens with two attached hydrogens (primary N) is 1. The number of nitrogens with one attached hydrogen (secondary N) is 3. The predicted molar refractivity (Wildman–Crippen MR) is 152 cm³/mol. The van der Waals surface area contributed by atoms with Crippen molar-refractivity contribution in [3.63, 3.8) is 0 Å². The van der Waals surface area contributed by atoms with Gasteiger partial charge in [-0.2, -0.15) is 0 Å². The number of amides is 3. The number of nitrogen functional groups attached to an aromatic ring is 1. The Morgan fingerprint density at radius 1 is 1.20 bits per heavy atom. The third-order valence-corrected chi connectivity index (χ3v) is 7.89. The molecule has 3 amide bonds. The number of halogens is 2. The van der Waals surface area contributed by atoms with Crippen molar-refractivity contribution >= 4 is 34.9 Å². The molecule has 0 bridgehead atoms. The summed E-state index contributed by atoms with van der Waals surface area (Å²) in [5.74, 6) is -0.808. The number of thiophene rings is 1. The van der Waals surface area contributed by atoms with E-state index in [1.54, 1.807) is 55.6 Å². The van der Waals surface area contributed by atoms with E-state index in [0.717, 1.165) is 4.90 Å². The van der Waals surface area contributed by atoms with Gasteiger partial charge < -0.3 is 26.0 Å². The molecule has 0 spiro atoms. The van der Waals surface area contributed by atoms with E-state index < -0.39 is 61.7 Å². The van der Waals surface area contributed by atoms with Crippen LogP contribution in [0.1, 0.15) is 45.7 Å². The Morgan fingerprint density at radius 2 is 1.93 bits per heavy atom. The van der Waals surface area contributed by atoms with Crippen LogP contribution in [0.25, 0.3) is 0 Å². The molecule has 3 atom stereocenters. The lowest BCUT2D eigenvalue weighted by Crippen LogP contribution is -2.49. The van der Waals surface area contributed by atoms with Crippen LogP contribution in [0.15, 0.2) is 60.0 Å². The lowest BCUT2D eigenvalue weighted by Gasteiger charge is -2.25. The topological polar surface area (TPSA) is 138 Å². The summed E-state index contributed by atoms with van der Waals surface area (Å²) in [6, 6.07) is 13.9. The lowest BCUT2D eigenvalue weighted by molar-refractivity contribution is -0.138. The minimum Gasteiger partial charge on any atom is -0.457 e. The number of nitrogens with zero attached hydrogens (tertiary/aromatic N) is 1. The number of aryl methyl sites for hydroxylation is 1. The van der Waals surface area contributed by atoms with Gasteiger partial charge >= 0.3 is 0 Å². The average molecular weight is 584 g/mol. The van der Waals surface area contributed by atoms with Crippen LogP contribution < -0.4 is 21.1 Å². The van der Waals surface area contributed by atoms with Gasteiger partial charge in [0.2, 0.25) is 11.8 Å². The number of rotatable bonds is 10. The number of carbonyl (C=O) groups is 3. The fourth-order valence-electron chi connectivity index (χ4n) is 4.51. The molecule has 41 heavy (non-hydrogen) atoms. The maximum Gasteiger partial charge on any atom is 0.251 e. The molecule has 0 unspecified atom stereocenters. The molecule has 1 fully saturated rings. The summed E-state index contributed by atoms with van der Waals surface area (Å²) in [5.41, 5.74) is 4.61. The van der Waals surface area contributed by atoms with Crippen LogP contribution in [0, 0.1) is 12.3 Å². The van der Waals surface area contributed by atoms with Gasteiger partial charge in [0.15, 0.2) is 5.67 Å². The first-order chi connectivity index (χ1) is 19.5. The number of carbonyl (C=O) groups excluding carboxylic acids is 3. The molecule has 216 valence electrons. The van der Waals surface area contributed by atoms with Crippen LogP contribution in [-0.2, 0) is 9.59 Å². The van der Waals surface area contributed by atoms with Crippen LogP contribution in [0.4, 0.5) is 8.78 Å². The minimum absolute atomic E-state index is 0.114. The Bertz CT molecular complexity index is 1450. The van der Waals surface area contributed by atoms with Crippen molar-refractivity contribution in [3.05, 3.63) is 81.5 Å². The summed E-state index contributed by atoms with van der Waals surface area (Å²) in [6.07, 6.45) is -0.507. The highest BCUT2D eigenvalue weighted by molar-refractivity contribution is 7.10.